The number of likely N-dealkylation sites (tertiary alicyclic amines) is 1. The second-order valence-electron chi connectivity index (χ2n) is 5.29. The molecule has 19 heavy (non-hydrogen) atoms. The van der Waals surface area contributed by atoms with Gasteiger partial charge in [-0.15, -0.1) is 0 Å². The molecule has 0 saturated carbocycles. The van der Waals surface area contributed by atoms with Gasteiger partial charge >= 0.3 is 0 Å². The fraction of sp³-hybridized carbons (Fsp3) is 0.562. The predicted molar refractivity (Wildman–Crippen MR) is 77.9 cm³/mol. The second kappa shape index (κ2) is 6.71. The summed E-state index contributed by atoms with van der Waals surface area (Å²) in [6.45, 7) is 4.40. The minimum atomic E-state index is -0.0641. The van der Waals surface area contributed by atoms with Crippen molar-refractivity contribution >= 4 is 5.91 Å². The quantitative estimate of drug-likeness (QED) is 0.880. The van der Waals surface area contributed by atoms with E-state index in [0.717, 1.165) is 38.8 Å². The summed E-state index contributed by atoms with van der Waals surface area (Å²) in [5.74, 6) is 0.178. The Labute approximate surface area is 115 Å². The van der Waals surface area contributed by atoms with Crippen LogP contribution in [0.1, 0.15) is 30.9 Å². The van der Waals surface area contributed by atoms with E-state index in [1.807, 2.05) is 11.0 Å². The van der Waals surface area contributed by atoms with Gasteiger partial charge in [-0.05, 0) is 36.8 Å². The Bertz CT molecular complexity index is 425. The topological polar surface area (TPSA) is 46.3 Å². The van der Waals surface area contributed by atoms with Crippen molar-refractivity contribution in [2.75, 3.05) is 19.6 Å². The van der Waals surface area contributed by atoms with Gasteiger partial charge < -0.3 is 10.6 Å². The van der Waals surface area contributed by atoms with Crippen molar-refractivity contribution in [2.24, 2.45) is 11.7 Å². The molecule has 1 aliphatic heterocycles. The van der Waals surface area contributed by atoms with Crippen LogP contribution in [0.15, 0.2) is 24.3 Å². The Morgan fingerprint density at radius 3 is 2.47 bits per heavy atom. The summed E-state index contributed by atoms with van der Waals surface area (Å²) >= 11 is 0. The molecule has 1 aliphatic rings. The average molecular weight is 260 g/mol. The lowest BCUT2D eigenvalue weighted by molar-refractivity contribution is -0.134. The summed E-state index contributed by atoms with van der Waals surface area (Å²) in [7, 11) is 0. The van der Waals surface area contributed by atoms with E-state index >= 15 is 0 Å². The molecule has 0 radical (unpaired) electrons. The maximum atomic E-state index is 12.4. The minimum absolute atomic E-state index is 0.0641. The van der Waals surface area contributed by atoms with E-state index in [2.05, 4.69) is 25.1 Å². The molecule has 1 aromatic carbocycles. The fourth-order valence-electron chi connectivity index (χ4n) is 2.83. The first kappa shape index (κ1) is 14.1. The first-order valence-electron chi connectivity index (χ1n) is 7.32. The van der Waals surface area contributed by atoms with Crippen molar-refractivity contribution in [3.05, 3.63) is 35.4 Å². The summed E-state index contributed by atoms with van der Waals surface area (Å²) in [6.07, 6.45) is 4.05. The van der Waals surface area contributed by atoms with Gasteiger partial charge in [-0.1, -0.05) is 31.2 Å². The van der Waals surface area contributed by atoms with Gasteiger partial charge in [-0.3, -0.25) is 4.79 Å². The van der Waals surface area contributed by atoms with E-state index < -0.39 is 0 Å². The molecule has 3 heteroatoms. The summed E-state index contributed by atoms with van der Waals surface area (Å²) in [5, 5.41) is 0. The van der Waals surface area contributed by atoms with Crippen LogP contribution in [0.3, 0.4) is 0 Å². The van der Waals surface area contributed by atoms with E-state index in [0.29, 0.717) is 6.54 Å². The third-order valence-corrected chi connectivity index (χ3v) is 4.02. The van der Waals surface area contributed by atoms with Crippen LogP contribution in [0.4, 0.5) is 0 Å². The maximum absolute atomic E-state index is 12.4. The van der Waals surface area contributed by atoms with Crippen molar-refractivity contribution in [3.8, 4) is 0 Å². The molecular formula is C16H24N2O. The molecule has 0 spiro atoms. The smallest absolute Gasteiger partial charge is 0.227 e. The zero-order valence-electron chi connectivity index (χ0n) is 11.8. The molecule has 1 atom stereocenters. The van der Waals surface area contributed by atoms with Gasteiger partial charge in [0.05, 0.1) is 5.92 Å². The first-order chi connectivity index (χ1) is 9.26. The van der Waals surface area contributed by atoms with Gasteiger partial charge in [-0.2, -0.15) is 0 Å². The highest BCUT2D eigenvalue weighted by Gasteiger charge is 2.25. The molecule has 0 aliphatic carbocycles. The molecule has 104 valence electrons. The van der Waals surface area contributed by atoms with E-state index in [9.17, 15) is 4.79 Å². The number of hydrogen-bond donors (Lipinski definition) is 1. The molecule has 1 heterocycles. The lowest BCUT2D eigenvalue weighted by atomic mass is 9.93. The van der Waals surface area contributed by atoms with Gasteiger partial charge in [-0.25, -0.2) is 0 Å². The standard InChI is InChI=1S/C16H24N2O/c1-2-13-7-3-4-8-14(13)11-15(12-17)16(19)18-9-5-6-10-18/h3-4,7-8,15H,2,5-6,9-12,17H2,1H3. The van der Waals surface area contributed by atoms with E-state index in [4.69, 9.17) is 5.73 Å². The molecule has 2 rings (SSSR count). The number of carbonyl (C=O) groups is 1. The van der Waals surface area contributed by atoms with Crippen molar-refractivity contribution in [1.82, 2.24) is 4.90 Å². The molecule has 1 aromatic rings. The fourth-order valence-corrected chi connectivity index (χ4v) is 2.83. The van der Waals surface area contributed by atoms with Crippen LogP contribution in [0.5, 0.6) is 0 Å². The molecule has 2 N–H and O–H groups in total. The number of aryl methyl sites for hydroxylation is 1. The van der Waals surface area contributed by atoms with Crippen LogP contribution in [-0.4, -0.2) is 30.4 Å². The van der Waals surface area contributed by atoms with Crippen LogP contribution < -0.4 is 5.73 Å². The van der Waals surface area contributed by atoms with Gasteiger partial charge in [0.2, 0.25) is 5.91 Å². The lowest BCUT2D eigenvalue weighted by Crippen LogP contribution is -2.38. The average Bonchev–Trinajstić information content (AvgIpc) is 2.98. The number of carbonyl (C=O) groups excluding carboxylic acids is 1. The number of nitrogens with zero attached hydrogens (tertiary/aromatic N) is 1. The molecule has 0 bridgehead atoms. The monoisotopic (exact) mass is 260 g/mol. The van der Waals surface area contributed by atoms with Crippen molar-refractivity contribution in [3.63, 3.8) is 0 Å². The van der Waals surface area contributed by atoms with E-state index in [1.54, 1.807) is 0 Å². The Kier molecular flexibility index (Phi) is 4.97. The Morgan fingerprint density at radius 1 is 1.26 bits per heavy atom. The van der Waals surface area contributed by atoms with Crippen LogP contribution in [0, 0.1) is 5.92 Å². The molecule has 1 saturated heterocycles. The second-order valence-corrected chi connectivity index (χ2v) is 5.29. The number of hydrogen-bond acceptors (Lipinski definition) is 2. The SMILES string of the molecule is CCc1ccccc1CC(CN)C(=O)N1CCCC1. The molecule has 1 unspecified atom stereocenters. The first-order valence-corrected chi connectivity index (χ1v) is 7.32. The number of benzene rings is 1. The van der Waals surface area contributed by atoms with E-state index in [-0.39, 0.29) is 11.8 Å². The lowest BCUT2D eigenvalue weighted by Gasteiger charge is -2.23. The summed E-state index contributed by atoms with van der Waals surface area (Å²) in [5.41, 5.74) is 8.43. The molecule has 1 fully saturated rings. The Hall–Kier alpha value is -1.35. The summed E-state index contributed by atoms with van der Waals surface area (Å²) in [6, 6.07) is 8.37. The van der Waals surface area contributed by atoms with Crippen LogP contribution in [0.2, 0.25) is 0 Å². The van der Waals surface area contributed by atoms with Gasteiger partial charge in [0, 0.05) is 19.6 Å². The maximum Gasteiger partial charge on any atom is 0.227 e. The molecule has 3 nitrogen and oxygen atoms in total. The van der Waals surface area contributed by atoms with Crippen LogP contribution in [0.25, 0.3) is 0 Å². The highest BCUT2D eigenvalue weighted by molar-refractivity contribution is 5.79. The molecule has 1 amide bonds. The Balaban J connectivity index is 2.07. The number of amides is 1. The highest BCUT2D eigenvalue weighted by atomic mass is 16.2. The Morgan fingerprint density at radius 2 is 1.89 bits per heavy atom. The minimum Gasteiger partial charge on any atom is -0.342 e. The van der Waals surface area contributed by atoms with Crippen LogP contribution >= 0.6 is 0 Å². The zero-order valence-corrected chi connectivity index (χ0v) is 11.8. The van der Waals surface area contributed by atoms with Crippen molar-refractivity contribution in [2.45, 2.75) is 32.6 Å². The highest BCUT2D eigenvalue weighted by Crippen LogP contribution is 2.18. The summed E-state index contributed by atoms with van der Waals surface area (Å²) in [4.78, 5) is 14.4. The van der Waals surface area contributed by atoms with Crippen molar-refractivity contribution in [1.29, 1.82) is 0 Å². The van der Waals surface area contributed by atoms with Gasteiger partial charge in [0.1, 0.15) is 0 Å². The molecular weight excluding hydrogens is 236 g/mol. The zero-order chi connectivity index (χ0) is 13.7. The third-order valence-electron chi connectivity index (χ3n) is 4.02. The molecule has 0 aromatic heterocycles. The largest absolute Gasteiger partial charge is 0.342 e. The normalized spacial score (nSPS) is 16.6. The van der Waals surface area contributed by atoms with E-state index in [1.165, 1.54) is 11.1 Å². The number of nitrogens with two attached hydrogens (primary N) is 1. The van der Waals surface area contributed by atoms with Crippen molar-refractivity contribution < 1.29 is 4.79 Å². The summed E-state index contributed by atoms with van der Waals surface area (Å²) < 4.78 is 0. The predicted octanol–water partition coefficient (Wildman–Crippen LogP) is 1.99. The van der Waals surface area contributed by atoms with Gasteiger partial charge in [0.15, 0.2) is 0 Å². The van der Waals surface area contributed by atoms with Crippen LogP contribution in [-0.2, 0) is 17.6 Å². The number of rotatable bonds is 5. The third kappa shape index (κ3) is 3.35. The van der Waals surface area contributed by atoms with Gasteiger partial charge in [0.25, 0.3) is 0 Å².